The Bertz CT molecular complexity index is 1200. The number of halogens is 3. The fourth-order valence-corrected chi connectivity index (χ4v) is 3.97. The van der Waals surface area contributed by atoms with Crippen LogP contribution in [0.15, 0.2) is 60.1 Å². The number of hydrogen-bond acceptors (Lipinski definition) is 4. The first-order valence-electron chi connectivity index (χ1n) is 9.59. The number of benzene rings is 2. The van der Waals surface area contributed by atoms with E-state index in [1.54, 1.807) is 5.38 Å². The second kappa shape index (κ2) is 8.81. The largest absolute Gasteiger partial charge is 0.416 e. The minimum absolute atomic E-state index is 0.106. The molecule has 0 fully saturated rings. The fourth-order valence-electron chi connectivity index (χ4n) is 3.24. The van der Waals surface area contributed by atoms with Crippen LogP contribution >= 0.6 is 11.3 Å². The lowest BCUT2D eigenvalue weighted by atomic mass is 10.1. The van der Waals surface area contributed by atoms with E-state index in [0.29, 0.717) is 29.5 Å². The van der Waals surface area contributed by atoms with Crippen LogP contribution in [-0.4, -0.2) is 22.4 Å². The number of aromatic amines is 1. The average molecular weight is 444 g/mol. The Labute approximate surface area is 180 Å². The third-order valence-corrected chi connectivity index (χ3v) is 5.53. The standard InChI is InChI=1S/C22H19F3N4OS/c23-22(24,25)15-4-3-5-16(10-15)28-21-29-17(13-31-21)11-20(30)26-9-8-14-12-27-19-7-2-1-6-18(14)19/h1-7,10,12-13,27H,8-9,11H2,(H,26,30)(H,28,29). The number of amides is 1. The van der Waals surface area contributed by atoms with E-state index in [1.165, 1.54) is 23.5 Å². The van der Waals surface area contributed by atoms with Gasteiger partial charge in [0.1, 0.15) is 0 Å². The number of aromatic nitrogens is 2. The lowest BCUT2D eigenvalue weighted by Crippen LogP contribution is -2.27. The smallest absolute Gasteiger partial charge is 0.361 e. The molecule has 5 nitrogen and oxygen atoms in total. The molecule has 160 valence electrons. The third-order valence-electron chi connectivity index (χ3n) is 4.73. The van der Waals surface area contributed by atoms with Crippen molar-refractivity contribution in [1.82, 2.24) is 15.3 Å². The summed E-state index contributed by atoms with van der Waals surface area (Å²) in [6.07, 6.45) is -1.65. The van der Waals surface area contributed by atoms with Crippen LogP contribution in [0.2, 0.25) is 0 Å². The van der Waals surface area contributed by atoms with Crippen molar-refractivity contribution >= 4 is 39.0 Å². The molecular weight excluding hydrogens is 425 g/mol. The first-order chi connectivity index (χ1) is 14.9. The van der Waals surface area contributed by atoms with Crippen molar-refractivity contribution in [3.63, 3.8) is 0 Å². The van der Waals surface area contributed by atoms with E-state index in [0.717, 1.165) is 28.6 Å². The fraction of sp³-hybridized carbons (Fsp3) is 0.182. The predicted molar refractivity (Wildman–Crippen MR) is 116 cm³/mol. The van der Waals surface area contributed by atoms with Gasteiger partial charge in [-0.25, -0.2) is 4.98 Å². The second-order valence-corrected chi connectivity index (χ2v) is 7.84. The van der Waals surface area contributed by atoms with E-state index in [1.807, 2.05) is 30.5 Å². The molecule has 3 N–H and O–H groups in total. The molecule has 0 bridgehead atoms. The normalized spacial score (nSPS) is 11.6. The zero-order valence-electron chi connectivity index (χ0n) is 16.3. The van der Waals surface area contributed by atoms with Crippen LogP contribution in [0.3, 0.4) is 0 Å². The maximum Gasteiger partial charge on any atom is 0.416 e. The van der Waals surface area contributed by atoms with Crippen LogP contribution in [0.25, 0.3) is 10.9 Å². The molecule has 0 unspecified atom stereocenters. The minimum Gasteiger partial charge on any atom is -0.361 e. The number of alkyl halides is 3. The van der Waals surface area contributed by atoms with E-state index in [2.05, 4.69) is 20.6 Å². The van der Waals surface area contributed by atoms with Crippen LogP contribution in [0.4, 0.5) is 24.0 Å². The van der Waals surface area contributed by atoms with Crippen LogP contribution in [0, 0.1) is 0 Å². The number of nitrogens with one attached hydrogen (secondary N) is 3. The maximum atomic E-state index is 12.8. The Hall–Kier alpha value is -3.33. The Morgan fingerprint density at radius 2 is 1.97 bits per heavy atom. The summed E-state index contributed by atoms with van der Waals surface area (Å²) in [7, 11) is 0. The van der Waals surface area contributed by atoms with Crippen LogP contribution in [-0.2, 0) is 23.8 Å². The Morgan fingerprint density at radius 3 is 2.81 bits per heavy atom. The molecule has 31 heavy (non-hydrogen) atoms. The summed E-state index contributed by atoms with van der Waals surface area (Å²) in [6, 6.07) is 12.9. The van der Waals surface area contributed by atoms with Gasteiger partial charge in [-0.05, 0) is 36.2 Å². The van der Waals surface area contributed by atoms with Gasteiger partial charge in [-0.1, -0.05) is 24.3 Å². The van der Waals surface area contributed by atoms with Crippen LogP contribution in [0.5, 0.6) is 0 Å². The topological polar surface area (TPSA) is 69.8 Å². The highest BCUT2D eigenvalue weighted by atomic mass is 32.1. The zero-order valence-corrected chi connectivity index (χ0v) is 17.1. The molecule has 9 heteroatoms. The first-order valence-corrected chi connectivity index (χ1v) is 10.5. The average Bonchev–Trinajstić information content (AvgIpc) is 3.34. The van der Waals surface area contributed by atoms with Crippen molar-refractivity contribution in [1.29, 1.82) is 0 Å². The molecular formula is C22H19F3N4OS. The number of H-pyrrole nitrogens is 1. The summed E-state index contributed by atoms with van der Waals surface area (Å²) in [5.41, 5.74) is 2.32. The number of fused-ring (bicyclic) bond motifs is 1. The van der Waals surface area contributed by atoms with Gasteiger partial charge in [-0.15, -0.1) is 11.3 Å². The van der Waals surface area contributed by atoms with Crippen molar-refractivity contribution in [2.75, 3.05) is 11.9 Å². The molecule has 0 radical (unpaired) electrons. The molecule has 2 heterocycles. The van der Waals surface area contributed by atoms with E-state index in [-0.39, 0.29) is 12.3 Å². The molecule has 0 atom stereocenters. The van der Waals surface area contributed by atoms with Crippen molar-refractivity contribution in [2.45, 2.75) is 19.0 Å². The van der Waals surface area contributed by atoms with Gasteiger partial charge < -0.3 is 15.6 Å². The summed E-state index contributed by atoms with van der Waals surface area (Å²) in [6.45, 7) is 0.500. The number of carbonyl (C=O) groups excluding carboxylic acids is 1. The number of nitrogens with zero attached hydrogens (tertiary/aromatic N) is 1. The van der Waals surface area contributed by atoms with Gasteiger partial charge in [-0.2, -0.15) is 13.2 Å². The van der Waals surface area contributed by atoms with Crippen molar-refractivity contribution < 1.29 is 18.0 Å². The van der Waals surface area contributed by atoms with Gasteiger partial charge in [0.2, 0.25) is 5.91 Å². The highest BCUT2D eigenvalue weighted by Gasteiger charge is 2.30. The van der Waals surface area contributed by atoms with E-state index in [4.69, 9.17) is 0 Å². The van der Waals surface area contributed by atoms with E-state index >= 15 is 0 Å². The van der Waals surface area contributed by atoms with Gasteiger partial charge in [0.25, 0.3) is 0 Å². The summed E-state index contributed by atoms with van der Waals surface area (Å²) in [5.74, 6) is -0.157. The lowest BCUT2D eigenvalue weighted by molar-refractivity contribution is -0.137. The SMILES string of the molecule is O=C(Cc1csc(Nc2cccc(C(F)(F)F)c2)n1)NCCc1c[nH]c2ccccc12. The molecule has 2 aromatic heterocycles. The zero-order chi connectivity index (χ0) is 21.8. The molecule has 0 aliphatic rings. The molecule has 0 saturated carbocycles. The number of hydrogen-bond donors (Lipinski definition) is 3. The third kappa shape index (κ3) is 5.24. The van der Waals surface area contributed by atoms with Crippen LogP contribution < -0.4 is 10.6 Å². The van der Waals surface area contributed by atoms with Gasteiger partial charge in [-0.3, -0.25) is 4.79 Å². The summed E-state index contributed by atoms with van der Waals surface area (Å²) >= 11 is 1.24. The Balaban J connectivity index is 1.29. The van der Waals surface area contributed by atoms with Gasteiger partial charge >= 0.3 is 6.18 Å². The molecule has 0 spiro atoms. The molecule has 1 amide bonds. The second-order valence-electron chi connectivity index (χ2n) is 6.98. The number of anilines is 2. The first kappa shape index (κ1) is 20.9. The number of thiazole rings is 1. The quantitative estimate of drug-likeness (QED) is 0.363. The van der Waals surface area contributed by atoms with Crippen molar-refractivity contribution in [3.8, 4) is 0 Å². The van der Waals surface area contributed by atoms with Crippen LogP contribution in [0.1, 0.15) is 16.8 Å². The molecule has 4 aromatic rings. The molecule has 4 rings (SSSR count). The molecule has 0 saturated heterocycles. The van der Waals surface area contributed by atoms with Gasteiger partial charge in [0.05, 0.1) is 17.7 Å². The highest BCUT2D eigenvalue weighted by molar-refractivity contribution is 7.13. The predicted octanol–water partition coefficient (Wildman–Crippen LogP) is 5.29. The van der Waals surface area contributed by atoms with E-state index in [9.17, 15) is 18.0 Å². The minimum atomic E-state index is -4.41. The van der Waals surface area contributed by atoms with Gasteiger partial charge in [0.15, 0.2) is 5.13 Å². The maximum absolute atomic E-state index is 12.8. The van der Waals surface area contributed by atoms with Crippen molar-refractivity contribution in [2.24, 2.45) is 0 Å². The lowest BCUT2D eigenvalue weighted by Gasteiger charge is -2.09. The number of carbonyl (C=O) groups is 1. The molecule has 0 aliphatic carbocycles. The van der Waals surface area contributed by atoms with E-state index < -0.39 is 11.7 Å². The van der Waals surface area contributed by atoms with Crippen molar-refractivity contribution in [3.05, 3.63) is 76.9 Å². The highest BCUT2D eigenvalue weighted by Crippen LogP contribution is 2.31. The Kier molecular flexibility index (Phi) is 5.94. The number of rotatable bonds is 7. The Morgan fingerprint density at radius 1 is 1.13 bits per heavy atom. The summed E-state index contributed by atoms with van der Waals surface area (Å²) in [4.78, 5) is 19.7. The number of para-hydroxylation sites is 1. The van der Waals surface area contributed by atoms with Gasteiger partial charge in [0, 0.05) is 34.7 Å². The molecule has 0 aliphatic heterocycles. The monoisotopic (exact) mass is 444 g/mol. The summed E-state index contributed by atoms with van der Waals surface area (Å²) in [5, 5.41) is 9.03. The summed E-state index contributed by atoms with van der Waals surface area (Å²) < 4.78 is 38.5. The molecule has 2 aromatic carbocycles.